The lowest BCUT2D eigenvalue weighted by molar-refractivity contribution is 0.0947. The zero-order valence-electron chi connectivity index (χ0n) is 19.7. The second-order valence-electron chi connectivity index (χ2n) is 7.69. The van der Waals surface area contributed by atoms with Gasteiger partial charge in [0.15, 0.2) is 5.13 Å². The monoisotopic (exact) mass is 522 g/mol. The molecule has 0 atom stereocenters. The first-order valence-corrected chi connectivity index (χ1v) is 12.9. The number of rotatable bonds is 9. The first-order chi connectivity index (χ1) is 16.1. The van der Waals surface area contributed by atoms with E-state index in [0.29, 0.717) is 6.54 Å². The fourth-order valence-corrected chi connectivity index (χ4v) is 5.74. The average Bonchev–Trinajstić information content (AvgIpc) is 3.30. The molecule has 4 rings (SSSR count). The van der Waals surface area contributed by atoms with E-state index < -0.39 is 0 Å². The molecule has 7 nitrogen and oxygen atoms in total. The molecule has 184 valence electrons. The van der Waals surface area contributed by atoms with E-state index in [1.165, 1.54) is 0 Å². The molecule has 0 saturated carbocycles. The second-order valence-corrected chi connectivity index (χ2v) is 10.0. The van der Waals surface area contributed by atoms with Crippen molar-refractivity contribution in [1.29, 1.82) is 0 Å². The van der Waals surface area contributed by atoms with Crippen LogP contribution in [0.3, 0.4) is 0 Å². The second kappa shape index (κ2) is 12.5. The van der Waals surface area contributed by atoms with Crippen molar-refractivity contribution in [2.24, 2.45) is 0 Å². The third-order valence-corrected chi connectivity index (χ3v) is 7.67. The summed E-state index contributed by atoms with van der Waals surface area (Å²) >= 11 is 3.39. The van der Waals surface area contributed by atoms with Gasteiger partial charge < -0.3 is 19.7 Å². The molecule has 1 saturated heterocycles. The van der Waals surface area contributed by atoms with Gasteiger partial charge in [-0.05, 0) is 36.1 Å². The van der Waals surface area contributed by atoms with E-state index in [4.69, 9.17) is 14.5 Å². The van der Waals surface area contributed by atoms with Gasteiger partial charge >= 0.3 is 0 Å². The molecule has 1 N–H and O–H groups in total. The van der Waals surface area contributed by atoms with E-state index in [9.17, 15) is 4.79 Å². The number of amides is 1. The highest BCUT2D eigenvalue weighted by Gasteiger charge is 2.22. The SMILES string of the molecule is CCSc1cccc(C(=O)NCCN2CCN(c3nc4c(OC)ccc(OC)c4s3)CC2)c1.Cl. The van der Waals surface area contributed by atoms with E-state index in [2.05, 4.69) is 22.0 Å². The highest BCUT2D eigenvalue weighted by atomic mass is 35.5. The maximum Gasteiger partial charge on any atom is 0.251 e. The highest BCUT2D eigenvalue weighted by molar-refractivity contribution is 7.99. The van der Waals surface area contributed by atoms with E-state index in [0.717, 1.165) is 75.8 Å². The smallest absolute Gasteiger partial charge is 0.251 e. The maximum absolute atomic E-state index is 12.5. The van der Waals surface area contributed by atoms with Crippen molar-refractivity contribution >= 4 is 56.8 Å². The van der Waals surface area contributed by atoms with Gasteiger partial charge in [0.2, 0.25) is 0 Å². The molecule has 1 amide bonds. The summed E-state index contributed by atoms with van der Waals surface area (Å²) in [5, 5.41) is 4.05. The summed E-state index contributed by atoms with van der Waals surface area (Å²) in [6, 6.07) is 11.6. The first kappa shape index (κ1) is 26.4. The lowest BCUT2D eigenvalue weighted by atomic mass is 10.2. The van der Waals surface area contributed by atoms with Gasteiger partial charge in [0.25, 0.3) is 5.91 Å². The summed E-state index contributed by atoms with van der Waals surface area (Å²) in [6.45, 7) is 7.25. The number of nitrogens with one attached hydrogen (secondary N) is 1. The number of hydrogen-bond acceptors (Lipinski definition) is 8. The van der Waals surface area contributed by atoms with Crippen molar-refractivity contribution in [3.05, 3.63) is 42.0 Å². The largest absolute Gasteiger partial charge is 0.495 e. The first-order valence-electron chi connectivity index (χ1n) is 11.1. The number of piperazine rings is 1. The molecule has 2 heterocycles. The minimum atomic E-state index is -0.00967. The number of halogens is 1. The van der Waals surface area contributed by atoms with E-state index >= 15 is 0 Å². The van der Waals surface area contributed by atoms with Crippen molar-refractivity contribution in [2.45, 2.75) is 11.8 Å². The van der Waals surface area contributed by atoms with Gasteiger partial charge in [-0.1, -0.05) is 24.3 Å². The Bertz CT molecular complexity index is 1060. The Morgan fingerprint density at radius 1 is 1.12 bits per heavy atom. The van der Waals surface area contributed by atoms with Crippen LogP contribution in [-0.4, -0.2) is 75.0 Å². The third kappa shape index (κ3) is 6.07. The van der Waals surface area contributed by atoms with Gasteiger partial charge in [0.05, 0.1) is 14.2 Å². The Morgan fingerprint density at radius 2 is 1.85 bits per heavy atom. The van der Waals surface area contributed by atoms with Gasteiger partial charge in [0, 0.05) is 49.7 Å². The van der Waals surface area contributed by atoms with Crippen molar-refractivity contribution in [1.82, 2.24) is 15.2 Å². The molecule has 0 bridgehead atoms. The molecule has 1 aromatic heterocycles. The number of nitrogens with zero attached hydrogens (tertiary/aromatic N) is 3. The molecule has 1 aliphatic heterocycles. The number of thiazole rings is 1. The molecule has 0 spiro atoms. The minimum absolute atomic E-state index is 0. The summed E-state index contributed by atoms with van der Waals surface area (Å²) in [7, 11) is 3.34. The average molecular weight is 523 g/mol. The van der Waals surface area contributed by atoms with Crippen molar-refractivity contribution < 1.29 is 14.3 Å². The Balaban J connectivity index is 0.00000324. The van der Waals surface area contributed by atoms with E-state index in [1.807, 2.05) is 36.4 Å². The van der Waals surface area contributed by atoms with Gasteiger partial charge in [-0.2, -0.15) is 0 Å². The molecular formula is C24H31ClN4O3S2. The molecule has 3 aromatic rings. The maximum atomic E-state index is 12.5. The van der Waals surface area contributed by atoms with Crippen molar-refractivity contribution in [2.75, 3.05) is 64.1 Å². The van der Waals surface area contributed by atoms with Crippen LogP contribution in [0.2, 0.25) is 0 Å². The summed E-state index contributed by atoms with van der Waals surface area (Å²) in [5.74, 6) is 2.57. The van der Waals surface area contributed by atoms with Gasteiger partial charge in [-0.25, -0.2) is 4.98 Å². The number of hydrogen-bond donors (Lipinski definition) is 1. The lowest BCUT2D eigenvalue weighted by Crippen LogP contribution is -2.48. The van der Waals surface area contributed by atoms with Crippen LogP contribution in [0.1, 0.15) is 17.3 Å². The van der Waals surface area contributed by atoms with Crippen LogP contribution in [0, 0.1) is 0 Å². The number of thioether (sulfide) groups is 1. The number of carbonyl (C=O) groups is 1. The van der Waals surface area contributed by atoms with Crippen molar-refractivity contribution in [3.63, 3.8) is 0 Å². The predicted molar refractivity (Wildman–Crippen MR) is 144 cm³/mol. The Kier molecular flexibility index (Phi) is 9.70. The van der Waals surface area contributed by atoms with Gasteiger partial charge in [-0.3, -0.25) is 9.69 Å². The van der Waals surface area contributed by atoms with Crippen LogP contribution in [0.25, 0.3) is 10.2 Å². The van der Waals surface area contributed by atoms with Crippen LogP contribution in [0.15, 0.2) is 41.3 Å². The Labute approximate surface area is 215 Å². The van der Waals surface area contributed by atoms with Crippen LogP contribution < -0.4 is 19.7 Å². The topological polar surface area (TPSA) is 66.9 Å². The van der Waals surface area contributed by atoms with Crippen molar-refractivity contribution in [3.8, 4) is 11.5 Å². The number of ether oxygens (including phenoxy) is 2. The fraction of sp³-hybridized carbons (Fsp3) is 0.417. The minimum Gasteiger partial charge on any atom is -0.495 e. The van der Waals surface area contributed by atoms with Crippen LogP contribution >= 0.6 is 35.5 Å². The number of methoxy groups -OCH3 is 2. The van der Waals surface area contributed by atoms with Crippen LogP contribution in [0.5, 0.6) is 11.5 Å². The molecule has 0 unspecified atom stereocenters. The number of benzene rings is 2. The Hall–Kier alpha value is -2.20. The third-order valence-electron chi connectivity index (χ3n) is 5.66. The standard InChI is InChI=1S/C24H30N4O3S2.ClH/c1-4-32-18-7-5-6-17(16-18)23(29)25-10-11-27-12-14-28(15-13-27)24-26-21-19(30-2)8-9-20(31-3)22(21)33-24;/h5-9,16H,4,10-15H2,1-3H3,(H,25,29);1H. The number of carbonyl (C=O) groups excluding carboxylic acids is 1. The zero-order valence-corrected chi connectivity index (χ0v) is 22.2. The zero-order chi connectivity index (χ0) is 23.2. The molecule has 34 heavy (non-hydrogen) atoms. The highest BCUT2D eigenvalue weighted by Crippen LogP contribution is 2.40. The van der Waals surface area contributed by atoms with Crippen LogP contribution in [0.4, 0.5) is 5.13 Å². The normalized spacial score (nSPS) is 14.0. The van der Waals surface area contributed by atoms with Gasteiger partial charge in [-0.15, -0.1) is 24.2 Å². The molecule has 10 heteroatoms. The summed E-state index contributed by atoms with van der Waals surface area (Å²) in [6.07, 6.45) is 0. The summed E-state index contributed by atoms with van der Waals surface area (Å²) < 4.78 is 12.0. The molecular weight excluding hydrogens is 492 g/mol. The van der Waals surface area contributed by atoms with Crippen LogP contribution in [-0.2, 0) is 0 Å². The summed E-state index contributed by atoms with van der Waals surface area (Å²) in [5.41, 5.74) is 1.57. The molecule has 0 aliphatic carbocycles. The molecule has 1 aliphatic rings. The molecule has 2 aromatic carbocycles. The fourth-order valence-electron chi connectivity index (χ4n) is 3.90. The van der Waals surface area contributed by atoms with E-state index in [1.54, 1.807) is 37.3 Å². The quantitative estimate of drug-likeness (QED) is 0.418. The number of fused-ring (bicyclic) bond motifs is 1. The number of aromatic nitrogens is 1. The Morgan fingerprint density at radius 3 is 2.56 bits per heavy atom. The molecule has 1 fully saturated rings. The van der Waals surface area contributed by atoms with Gasteiger partial charge in [0.1, 0.15) is 21.7 Å². The van der Waals surface area contributed by atoms with E-state index in [-0.39, 0.29) is 18.3 Å². The summed E-state index contributed by atoms with van der Waals surface area (Å²) in [4.78, 5) is 23.2. The number of anilines is 1. The molecule has 0 radical (unpaired) electrons. The predicted octanol–water partition coefficient (Wildman–Crippen LogP) is 4.40. The lowest BCUT2D eigenvalue weighted by Gasteiger charge is -2.34.